The molecular weight excluding hydrogens is 276 g/mol. The van der Waals surface area contributed by atoms with Gasteiger partial charge in [0, 0.05) is 18.7 Å². The van der Waals surface area contributed by atoms with E-state index in [-0.39, 0.29) is 11.5 Å². The van der Waals surface area contributed by atoms with Gasteiger partial charge in [-0.15, -0.1) is 6.42 Å². The quantitative estimate of drug-likeness (QED) is 0.630. The van der Waals surface area contributed by atoms with Crippen LogP contribution in [-0.2, 0) is 4.74 Å². The van der Waals surface area contributed by atoms with Crippen LogP contribution < -0.4 is 0 Å². The molecule has 1 aliphatic heterocycles. The van der Waals surface area contributed by atoms with Crippen molar-refractivity contribution in [2.75, 3.05) is 26.3 Å². The van der Waals surface area contributed by atoms with Gasteiger partial charge in [-0.25, -0.2) is 8.78 Å². The number of amides is 1. The van der Waals surface area contributed by atoms with Gasteiger partial charge in [0.25, 0.3) is 5.91 Å². The van der Waals surface area contributed by atoms with E-state index in [2.05, 4.69) is 5.92 Å². The third-order valence-electron chi connectivity index (χ3n) is 3.61. The number of halogens is 2. The van der Waals surface area contributed by atoms with Crippen LogP contribution in [0.3, 0.4) is 0 Å². The van der Waals surface area contributed by atoms with E-state index in [1.54, 1.807) is 4.90 Å². The Morgan fingerprint density at radius 3 is 2.67 bits per heavy atom. The number of nitrogens with zero attached hydrogens (tertiary/aromatic N) is 1. The Balaban J connectivity index is 1.88. The molecule has 0 N–H and O–H groups in total. The lowest BCUT2D eigenvalue weighted by molar-refractivity contribution is 0.0581. The van der Waals surface area contributed by atoms with E-state index >= 15 is 0 Å². The lowest BCUT2D eigenvalue weighted by Gasteiger charge is -2.31. The highest BCUT2D eigenvalue weighted by atomic mass is 19.2. The normalized spacial score (nSPS) is 15.8. The maximum atomic E-state index is 13.2. The van der Waals surface area contributed by atoms with E-state index in [4.69, 9.17) is 11.2 Å². The minimum Gasteiger partial charge on any atom is -0.369 e. The summed E-state index contributed by atoms with van der Waals surface area (Å²) in [5.41, 5.74) is 0.177. The molecule has 0 bridgehead atoms. The van der Waals surface area contributed by atoms with Crippen molar-refractivity contribution in [3.63, 3.8) is 0 Å². The van der Waals surface area contributed by atoms with Crippen LogP contribution >= 0.6 is 0 Å². The van der Waals surface area contributed by atoms with E-state index < -0.39 is 11.6 Å². The third-order valence-corrected chi connectivity index (χ3v) is 3.61. The number of terminal acetylenes is 1. The second-order valence-corrected chi connectivity index (χ2v) is 5.08. The number of rotatable bonds is 4. The molecular formula is C16H17F2NO2. The molecule has 2 rings (SSSR count). The topological polar surface area (TPSA) is 29.5 Å². The van der Waals surface area contributed by atoms with Crippen LogP contribution in [0.4, 0.5) is 8.78 Å². The predicted octanol–water partition coefficient (Wildman–Crippen LogP) is 2.47. The highest BCUT2D eigenvalue weighted by Crippen LogP contribution is 2.20. The summed E-state index contributed by atoms with van der Waals surface area (Å²) in [6.45, 7) is 2.06. The van der Waals surface area contributed by atoms with Crippen molar-refractivity contribution in [1.29, 1.82) is 0 Å². The molecule has 1 aliphatic rings. The first-order valence-electron chi connectivity index (χ1n) is 6.87. The van der Waals surface area contributed by atoms with Crippen molar-refractivity contribution in [3.05, 3.63) is 35.4 Å². The van der Waals surface area contributed by atoms with Gasteiger partial charge >= 0.3 is 0 Å². The van der Waals surface area contributed by atoms with E-state index in [0.717, 1.165) is 25.0 Å². The zero-order valence-corrected chi connectivity index (χ0v) is 11.6. The standard InChI is InChI=1S/C16H17F2NO2/c1-2-9-21-11-12-5-7-19(8-6-12)16(20)13-3-4-14(17)15(18)10-13/h1,3-4,10,12H,5-9,11H2. The van der Waals surface area contributed by atoms with Crippen molar-refractivity contribution in [1.82, 2.24) is 4.90 Å². The number of likely N-dealkylation sites (tertiary alicyclic amines) is 1. The van der Waals surface area contributed by atoms with E-state index in [1.165, 1.54) is 6.07 Å². The molecule has 112 valence electrons. The molecule has 0 saturated carbocycles. The van der Waals surface area contributed by atoms with Gasteiger partial charge in [0.1, 0.15) is 6.61 Å². The molecule has 5 heteroatoms. The summed E-state index contributed by atoms with van der Waals surface area (Å²) in [5.74, 6) is 0.578. The van der Waals surface area contributed by atoms with Crippen molar-refractivity contribution < 1.29 is 18.3 Å². The summed E-state index contributed by atoms with van der Waals surface area (Å²) in [6, 6.07) is 3.23. The molecule has 0 aliphatic carbocycles. The van der Waals surface area contributed by atoms with Crippen LogP contribution in [0.1, 0.15) is 23.2 Å². The molecule has 0 atom stereocenters. The van der Waals surface area contributed by atoms with Gasteiger partial charge in [0.05, 0.1) is 6.61 Å². The van der Waals surface area contributed by atoms with E-state index in [0.29, 0.717) is 32.2 Å². The number of hydrogen-bond acceptors (Lipinski definition) is 2. The molecule has 3 nitrogen and oxygen atoms in total. The summed E-state index contributed by atoms with van der Waals surface area (Å²) in [6.07, 6.45) is 6.75. The lowest BCUT2D eigenvalue weighted by atomic mass is 9.97. The van der Waals surface area contributed by atoms with Gasteiger partial charge in [-0.05, 0) is 37.0 Å². The molecule has 1 aromatic rings. The summed E-state index contributed by atoms with van der Waals surface area (Å²) in [4.78, 5) is 13.9. The van der Waals surface area contributed by atoms with Gasteiger partial charge in [-0.3, -0.25) is 4.79 Å². The maximum Gasteiger partial charge on any atom is 0.253 e. The fraction of sp³-hybridized carbons (Fsp3) is 0.438. The van der Waals surface area contributed by atoms with Gasteiger partial charge in [-0.2, -0.15) is 0 Å². The van der Waals surface area contributed by atoms with Gasteiger partial charge in [-0.1, -0.05) is 5.92 Å². The van der Waals surface area contributed by atoms with Crippen molar-refractivity contribution in [3.8, 4) is 12.3 Å². The zero-order chi connectivity index (χ0) is 15.2. The molecule has 1 saturated heterocycles. The average Bonchev–Trinajstić information content (AvgIpc) is 2.50. The SMILES string of the molecule is C#CCOCC1CCN(C(=O)c2ccc(F)c(F)c2)CC1. The van der Waals surface area contributed by atoms with E-state index in [1.807, 2.05) is 0 Å². The summed E-state index contributed by atoms with van der Waals surface area (Å²) < 4.78 is 31.3. The molecule has 0 radical (unpaired) electrons. The van der Waals surface area contributed by atoms with Gasteiger partial charge < -0.3 is 9.64 Å². The fourth-order valence-corrected chi connectivity index (χ4v) is 2.40. The highest BCUT2D eigenvalue weighted by molar-refractivity contribution is 5.94. The summed E-state index contributed by atoms with van der Waals surface area (Å²) in [7, 11) is 0. The lowest BCUT2D eigenvalue weighted by Crippen LogP contribution is -2.39. The molecule has 0 aromatic heterocycles. The number of carbonyl (C=O) groups excluding carboxylic acids is 1. The van der Waals surface area contributed by atoms with Crippen molar-refractivity contribution >= 4 is 5.91 Å². The Hall–Kier alpha value is -1.93. The van der Waals surface area contributed by atoms with Crippen molar-refractivity contribution in [2.24, 2.45) is 5.92 Å². The number of benzene rings is 1. The van der Waals surface area contributed by atoms with Gasteiger partial charge in [0.15, 0.2) is 11.6 Å². The number of piperidine rings is 1. The number of ether oxygens (including phenoxy) is 1. The molecule has 21 heavy (non-hydrogen) atoms. The number of carbonyl (C=O) groups is 1. The maximum absolute atomic E-state index is 13.2. The Kier molecular flexibility index (Phi) is 5.29. The number of hydrogen-bond donors (Lipinski definition) is 0. The summed E-state index contributed by atoms with van der Waals surface area (Å²) in [5, 5.41) is 0. The average molecular weight is 293 g/mol. The van der Waals surface area contributed by atoms with Crippen LogP contribution in [0, 0.1) is 29.9 Å². The zero-order valence-electron chi connectivity index (χ0n) is 11.6. The monoisotopic (exact) mass is 293 g/mol. The van der Waals surface area contributed by atoms with Crippen LogP contribution in [0.15, 0.2) is 18.2 Å². The first-order chi connectivity index (χ1) is 10.1. The first-order valence-corrected chi connectivity index (χ1v) is 6.87. The van der Waals surface area contributed by atoms with Crippen LogP contribution in [-0.4, -0.2) is 37.1 Å². The Morgan fingerprint density at radius 2 is 2.05 bits per heavy atom. The Morgan fingerprint density at radius 1 is 1.33 bits per heavy atom. The minimum atomic E-state index is -1.00. The second-order valence-electron chi connectivity index (χ2n) is 5.08. The molecule has 1 heterocycles. The highest BCUT2D eigenvalue weighted by Gasteiger charge is 2.24. The smallest absolute Gasteiger partial charge is 0.253 e. The largest absolute Gasteiger partial charge is 0.369 e. The van der Waals surface area contributed by atoms with Crippen LogP contribution in [0.2, 0.25) is 0 Å². The third kappa shape index (κ3) is 4.02. The molecule has 1 fully saturated rings. The first kappa shape index (κ1) is 15.5. The Labute approximate surface area is 122 Å². The van der Waals surface area contributed by atoms with E-state index in [9.17, 15) is 13.6 Å². The van der Waals surface area contributed by atoms with Crippen LogP contribution in [0.5, 0.6) is 0 Å². The fourth-order valence-electron chi connectivity index (χ4n) is 2.40. The minimum absolute atomic E-state index is 0.177. The Bertz CT molecular complexity index is 546. The molecule has 1 amide bonds. The summed E-state index contributed by atoms with van der Waals surface area (Å²) >= 11 is 0. The van der Waals surface area contributed by atoms with Crippen molar-refractivity contribution in [2.45, 2.75) is 12.8 Å². The second kappa shape index (κ2) is 7.19. The predicted molar refractivity (Wildman–Crippen MR) is 74.6 cm³/mol. The van der Waals surface area contributed by atoms with Gasteiger partial charge in [0.2, 0.25) is 0 Å². The molecule has 0 spiro atoms. The molecule has 1 aromatic carbocycles. The molecule has 0 unspecified atom stereocenters. The van der Waals surface area contributed by atoms with Crippen LogP contribution in [0.25, 0.3) is 0 Å².